The second kappa shape index (κ2) is 8.85. The lowest BCUT2D eigenvalue weighted by Gasteiger charge is -2.57. The third kappa shape index (κ3) is 3.76. The number of carbonyl (C=O) groups is 2. The highest BCUT2D eigenvalue weighted by atomic mass is 35.5. The molecule has 4 rings (SSSR count). The number of aliphatic hydroxyl groups excluding tert-OH is 1. The molecule has 0 saturated heterocycles. The average Bonchev–Trinajstić information content (AvgIpc) is 2.98. The van der Waals surface area contributed by atoms with Gasteiger partial charge in [-0.05, 0) is 60.2 Å². The second-order valence-electron chi connectivity index (χ2n) is 11.0. The van der Waals surface area contributed by atoms with Gasteiger partial charge < -0.3 is 9.84 Å². The van der Waals surface area contributed by atoms with E-state index in [-0.39, 0.29) is 53.2 Å². The maximum atomic E-state index is 13.3. The molecule has 4 nitrogen and oxygen atoms in total. The molecule has 0 aliphatic heterocycles. The number of unbranched alkanes of at least 4 members (excludes halogenated alkanes) is 2. The van der Waals surface area contributed by atoms with Crippen LogP contribution in [-0.4, -0.2) is 36.0 Å². The van der Waals surface area contributed by atoms with Gasteiger partial charge in [0.15, 0.2) is 11.6 Å². The van der Waals surface area contributed by atoms with Gasteiger partial charge in [-0.15, -0.1) is 0 Å². The summed E-state index contributed by atoms with van der Waals surface area (Å²) < 4.78 is 5.74. The van der Waals surface area contributed by atoms with Crippen molar-refractivity contribution in [1.82, 2.24) is 0 Å². The minimum absolute atomic E-state index is 0.0509. The first-order chi connectivity index (χ1) is 15.1. The molecule has 176 valence electrons. The van der Waals surface area contributed by atoms with Crippen LogP contribution >= 0.6 is 11.6 Å². The van der Waals surface area contributed by atoms with Gasteiger partial charge in [0.2, 0.25) is 0 Å². The summed E-state index contributed by atoms with van der Waals surface area (Å²) in [5.74, 6) is 0.519. The molecule has 2 fully saturated rings. The van der Waals surface area contributed by atoms with Crippen LogP contribution in [0.2, 0.25) is 0 Å². The molecule has 0 aromatic heterocycles. The molecule has 2 unspecified atom stereocenters. The first kappa shape index (κ1) is 23.9. The minimum atomic E-state index is -0.570. The summed E-state index contributed by atoms with van der Waals surface area (Å²) >= 11 is 6.73. The highest BCUT2D eigenvalue weighted by Gasteiger charge is 2.64. The molecule has 0 bridgehead atoms. The highest BCUT2D eigenvalue weighted by Crippen LogP contribution is 2.66. The highest BCUT2D eigenvalue weighted by molar-refractivity contribution is 6.32. The molecule has 5 heteroatoms. The normalized spacial score (nSPS) is 42.6. The average molecular weight is 461 g/mol. The number of fused-ring (bicyclic) bond motifs is 5. The fourth-order valence-corrected chi connectivity index (χ4v) is 8.04. The first-order valence-electron chi connectivity index (χ1n) is 12.2. The summed E-state index contributed by atoms with van der Waals surface area (Å²) in [6.45, 7) is 9.40. The molecule has 0 aromatic carbocycles. The summed E-state index contributed by atoms with van der Waals surface area (Å²) in [7, 11) is 0. The van der Waals surface area contributed by atoms with Gasteiger partial charge in [0.05, 0.1) is 6.10 Å². The molecule has 2 saturated carbocycles. The van der Waals surface area contributed by atoms with E-state index in [1.54, 1.807) is 12.2 Å². The number of hydrogen-bond acceptors (Lipinski definition) is 4. The smallest absolute Gasteiger partial charge is 0.178 e. The van der Waals surface area contributed by atoms with Crippen LogP contribution in [-0.2, 0) is 14.3 Å². The molecule has 32 heavy (non-hydrogen) atoms. The standard InChI is InChI=1S/C27H37ClO4/c1-5-6-7-10-32-15-23(31)24-16(2)11-19-18-13-21(28)20-12-17(29)8-9-26(20,3)25(18)22(30)14-27(19,24)4/h8-9,12-13,16,18-19,22,24-25,30H,5-7,10-11,14-15H2,1-4H3/t16?,18-,19-,22?,24+,25+,26-,27-/m0/s1. The fourth-order valence-electron chi connectivity index (χ4n) is 7.63. The predicted octanol–water partition coefficient (Wildman–Crippen LogP) is 5.25. The second-order valence-corrected chi connectivity index (χ2v) is 11.4. The van der Waals surface area contributed by atoms with E-state index in [1.165, 1.54) is 0 Å². The van der Waals surface area contributed by atoms with Crippen LogP contribution in [0.15, 0.2) is 34.9 Å². The Hall–Kier alpha value is -1.23. The lowest BCUT2D eigenvalue weighted by Crippen LogP contribution is -2.55. The van der Waals surface area contributed by atoms with Crippen molar-refractivity contribution >= 4 is 23.2 Å². The number of aliphatic hydroxyl groups is 1. The maximum Gasteiger partial charge on any atom is 0.178 e. The summed E-state index contributed by atoms with van der Waals surface area (Å²) in [5, 5.41) is 12.1. The Labute approximate surface area is 197 Å². The van der Waals surface area contributed by atoms with Crippen molar-refractivity contribution in [2.75, 3.05) is 13.2 Å². The molecule has 1 N–H and O–H groups in total. The molecule has 8 atom stereocenters. The van der Waals surface area contributed by atoms with Crippen LogP contribution in [0.4, 0.5) is 0 Å². The summed E-state index contributed by atoms with van der Waals surface area (Å²) in [6, 6.07) is 0. The van der Waals surface area contributed by atoms with Gasteiger partial charge in [-0.2, -0.15) is 0 Å². The van der Waals surface area contributed by atoms with Crippen molar-refractivity contribution in [3.8, 4) is 0 Å². The molecule has 4 aliphatic carbocycles. The van der Waals surface area contributed by atoms with Crippen LogP contribution in [0.5, 0.6) is 0 Å². The quantitative estimate of drug-likeness (QED) is 0.527. The number of allylic oxidation sites excluding steroid dienone is 6. The van der Waals surface area contributed by atoms with Gasteiger partial charge in [-0.25, -0.2) is 0 Å². The first-order valence-corrected chi connectivity index (χ1v) is 12.6. The predicted molar refractivity (Wildman–Crippen MR) is 126 cm³/mol. The van der Waals surface area contributed by atoms with E-state index >= 15 is 0 Å². The molecule has 4 aliphatic rings. The Balaban J connectivity index is 1.61. The van der Waals surface area contributed by atoms with Gasteiger partial charge >= 0.3 is 0 Å². The van der Waals surface area contributed by atoms with E-state index in [2.05, 4.69) is 33.8 Å². The lowest BCUT2D eigenvalue weighted by molar-refractivity contribution is -0.139. The van der Waals surface area contributed by atoms with E-state index in [0.29, 0.717) is 18.1 Å². The Bertz CT molecular complexity index is 873. The van der Waals surface area contributed by atoms with E-state index in [4.69, 9.17) is 16.3 Å². The molecular weight excluding hydrogens is 424 g/mol. The summed E-state index contributed by atoms with van der Waals surface area (Å²) in [4.78, 5) is 25.3. The Kier molecular flexibility index (Phi) is 6.61. The van der Waals surface area contributed by atoms with Gasteiger partial charge in [-0.1, -0.05) is 64.3 Å². The Morgan fingerprint density at radius 2 is 2.06 bits per heavy atom. The van der Waals surface area contributed by atoms with Crippen molar-refractivity contribution in [3.63, 3.8) is 0 Å². The topological polar surface area (TPSA) is 63.6 Å². The SMILES string of the molecule is CCCCCOCC(=O)[C@H]1C(C)C[C@H]2[C@@H]3C=C(Cl)C4=CC(=O)C=C[C@]4(C)[C@H]3C(O)C[C@]12C. The lowest BCUT2D eigenvalue weighted by atomic mass is 9.48. The van der Waals surface area contributed by atoms with Crippen LogP contribution in [0.1, 0.15) is 59.8 Å². The van der Waals surface area contributed by atoms with Crippen molar-refractivity contribution in [3.05, 3.63) is 34.9 Å². The summed E-state index contributed by atoms with van der Waals surface area (Å²) in [5.41, 5.74) is 0.0528. The van der Waals surface area contributed by atoms with Gasteiger partial charge in [0, 0.05) is 28.9 Å². The van der Waals surface area contributed by atoms with Crippen molar-refractivity contribution < 1.29 is 19.4 Å². The zero-order valence-electron chi connectivity index (χ0n) is 19.8. The Morgan fingerprint density at radius 3 is 2.78 bits per heavy atom. The number of rotatable bonds is 7. The van der Waals surface area contributed by atoms with Gasteiger partial charge in [0.25, 0.3) is 0 Å². The van der Waals surface area contributed by atoms with E-state index in [0.717, 1.165) is 31.3 Å². The number of hydrogen-bond donors (Lipinski definition) is 1. The number of carbonyl (C=O) groups excluding carboxylic acids is 2. The van der Waals surface area contributed by atoms with Crippen LogP contribution in [0.3, 0.4) is 0 Å². The van der Waals surface area contributed by atoms with Gasteiger partial charge in [0.1, 0.15) is 6.61 Å². The number of ketones is 2. The van der Waals surface area contributed by atoms with Crippen LogP contribution in [0, 0.1) is 40.4 Å². The monoisotopic (exact) mass is 460 g/mol. The third-order valence-corrected chi connectivity index (χ3v) is 9.26. The zero-order chi connectivity index (χ0) is 23.3. The molecule has 0 aromatic rings. The largest absolute Gasteiger partial charge is 0.393 e. The zero-order valence-corrected chi connectivity index (χ0v) is 20.5. The molecule has 0 spiro atoms. The maximum absolute atomic E-state index is 13.3. The van der Waals surface area contributed by atoms with Crippen LogP contribution in [0.25, 0.3) is 0 Å². The molecule has 0 heterocycles. The molecule has 0 radical (unpaired) electrons. The van der Waals surface area contributed by atoms with Crippen molar-refractivity contribution in [1.29, 1.82) is 0 Å². The van der Waals surface area contributed by atoms with Crippen molar-refractivity contribution in [2.24, 2.45) is 40.4 Å². The number of ether oxygens (including phenoxy) is 1. The third-order valence-electron chi connectivity index (χ3n) is 8.93. The number of halogens is 1. The van der Waals surface area contributed by atoms with Crippen LogP contribution < -0.4 is 0 Å². The van der Waals surface area contributed by atoms with Crippen molar-refractivity contribution in [2.45, 2.75) is 65.9 Å². The molecule has 0 amide bonds. The van der Waals surface area contributed by atoms with Gasteiger partial charge in [-0.3, -0.25) is 9.59 Å². The fraction of sp³-hybridized carbons (Fsp3) is 0.704. The Morgan fingerprint density at radius 1 is 1.31 bits per heavy atom. The summed E-state index contributed by atoms with van der Waals surface area (Å²) in [6.07, 6.45) is 11.4. The van der Waals surface area contributed by atoms with E-state index < -0.39 is 11.5 Å². The molecular formula is C27H37ClO4. The van der Waals surface area contributed by atoms with E-state index in [1.807, 2.05) is 6.08 Å². The minimum Gasteiger partial charge on any atom is -0.393 e. The van der Waals surface area contributed by atoms with E-state index in [9.17, 15) is 14.7 Å². The number of Topliss-reactive ketones (excluding diaryl/α,β-unsaturated/α-hetero) is 1.